The van der Waals surface area contributed by atoms with Crippen LogP contribution in [0.3, 0.4) is 0 Å². The standard InChI is InChI=1S/C19H13Cl3N2O.C2H6/c1-24(14-5-3-2-4-6-14)19(25)12-7-8-16(21)15(9-12)18-17(22)10-13(20)11-23-18;1-2/h2-11H,1H3;1-2H3. The van der Waals surface area contributed by atoms with Gasteiger partial charge in [0, 0.05) is 30.1 Å². The van der Waals surface area contributed by atoms with E-state index in [1.165, 1.54) is 6.20 Å². The van der Waals surface area contributed by atoms with Gasteiger partial charge in [0.2, 0.25) is 0 Å². The van der Waals surface area contributed by atoms with Crippen molar-refractivity contribution < 1.29 is 4.79 Å². The van der Waals surface area contributed by atoms with E-state index in [1.807, 2.05) is 44.2 Å². The van der Waals surface area contributed by atoms with Crippen LogP contribution in [0.2, 0.25) is 15.1 Å². The fourth-order valence-electron chi connectivity index (χ4n) is 2.42. The first-order valence-corrected chi connectivity index (χ1v) is 9.55. The Kier molecular flexibility index (Phi) is 7.66. The Labute approximate surface area is 174 Å². The lowest BCUT2D eigenvalue weighted by Gasteiger charge is -2.18. The maximum Gasteiger partial charge on any atom is 0.258 e. The number of halogens is 3. The van der Waals surface area contributed by atoms with E-state index in [1.54, 1.807) is 36.2 Å². The SMILES string of the molecule is CC.CN(C(=O)c1ccc(Cl)c(-c2ncc(Cl)cc2Cl)c1)c1ccccc1. The Morgan fingerprint density at radius 1 is 0.926 bits per heavy atom. The molecule has 2 aromatic carbocycles. The molecule has 0 unspecified atom stereocenters. The van der Waals surface area contributed by atoms with Crippen LogP contribution in [0, 0.1) is 0 Å². The molecule has 0 spiro atoms. The number of rotatable bonds is 3. The van der Waals surface area contributed by atoms with Gasteiger partial charge in [-0.15, -0.1) is 0 Å². The number of aromatic nitrogens is 1. The van der Waals surface area contributed by atoms with Crippen molar-refractivity contribution in [1.82, 2.24) is 4.98 Å². The van der Waals surface area contributed by atoms with Crippen molar-refractivity contribution in [2.45, 2.75) is 13.8 Å². The molecule has 1 aromatic heterocycles. The summed E-state index contributed by atoms with van der Waals surface area (Å²) in [6.45, 7) is 4.00. The maximum atomic E-state index is 12.8. The fraction of sp³-hybridized carbons (Fsp3) is 0.143. The monoisotopic (exact) mass is 420 g/mol. The van der Waals surface area contributed by atoms with Crippen LogP contribution in [0.15, 0.2) is 60.8 Å². The molecule has 27 heavy (non-hydrogen) atoms. The number of amides is 1. The zero-order valence-corrected chi connectivity index (χ0v) is 17.5. The average Bonchev–Trinajstić information content (AvgIpc) is 2.70. The molecule has 3 rings (SSSR count). The van der Waals surface area contributed by atoms with Gasteiger partial charge in [-0.3, -0.25) is 9.78 Å². The van der Waals surface area contributed by atoms with E-state index in [9.17, 15) is 4.79 Å². The molecule has 0 atom stereocenters. The van der Waals surface area contributed by atoms with Crippen molar-refractivity contribution in [2.75, 3.05) is 11.9 Å². The van der Waals surface area contributed by atoms with E-state index in [0.29, 0.717) is 31.9 Å². The maximum absolute atomic E-state index is 12.8. The molecule has 1 heterocycles. The van der Waals surface area contributed by atoms with Crippen LogP contribution in [0.1, 0.15) is 24.2 Å². The molecule has 0 aliphatic rings. The molecule has 6 heteroatoms. The van der Waals surface area contributed by atoms with E-state index in [-0.39, 0.29) is 5.91 Å². The molecule has 3 nitrogen and oxygen atoms in total. The number of hydrogen-bond donors (Lipinski definition) is 0. The summed E-state index contributed by atoms with van der Waals surface area (Å²) >= 11 is 18.4. The quantitative estimate of drug-likeness (QED) is 0.455. The van der Waals surface area contributed by atoms with Gasteiger partial charge in [0.1, 0.15) is 0 Å². The number of para-hydroxylation sites is 1. The van der Waals surface area contributed by atoms with Gasteiger partial charge in [0.25, 0.3) is 5.91 Å². The lowest BCUT2D eigenvalue weighted by atomic mass is 10.1. The lowest BCUT2D eigenvalue weighted by Crippen LogP contribution is -2.26. The molecule has 0 fully saturated rings. The third kappa shape index (κ3) is 5.01. The first kappa shape index (κ1) is 21.2. The van der Waals surface area contributed by atoms with Gasteiger partial charge in [-0.2, -0.15) is 0 Å². The summed E-state index contributed by atoms with van der Waals surface area (Å²) in [4.78, 5) is 18.6. The number of carbonyl (C=O) groups excluding carboxylic acids is 1. The van der Waals surface area contributed by atoms with E-state index >= 15 is 0 Å². The van der Waals surface area contributed by atoms with Crippen molar-refractivity contribution >= 4 is 46.4 Å². The number of nitrogens with zero attached hydrogens (tertiary/aromatic N) is 2. The van der Waals surface area contributed by atoms with Crippen LogP contribution >= 0.6 is 34.8 Å². The van der Waals surface area contributed by atoms with Gasteiger partial charge in [-0.1, -0.05) is 66.8 Å². The highest BCUT2D eigenvalue weighted by Crippen LogP contribution is 2.34. The minimum absolute atomic E-state index is 0.158. The molecule has 1 amide bonds. The summed E-state index contributed by atoms with van der Waals surface area (Å²) in [5.41, 5.74) is 2.34. The lowest BCUT2D eigenvalue weighted by molar-refractivity contribution is 0.0993. The molecule has 0 aliphatic carbocycles. The third-order valence-electron chi connectivity index (χ3n) is 3.72. The Morgan fingerprint density at radius 3 is 2.22 bits per heavy atom. The second kappa shape index (κ2) is 9.75. The number of hydrogen-bond acceptors (Lipinski definition) is 2. The molecular formula is C21H19Cl3N2O. The molecular weight excluding hydrogens is 403 g/mol. The van der Waals surface area contributed by atoms with Gasteiger partial charge in [-0.05, 0) is 36.4 Å². The van der Waals surface area contributed by atoms with Gasteiger partial charge in [0.15, 0.2) is 0 Å². The van der Waals surface area contributed by atoms with Crippen LogP contribution in [-0.4, -0.2) is 17.9 Å². The Balaban J connectivity index is 0.00000126. The van der Waals surface area contributed by atoms with Crippen LogP contribution in [0.5, 0.6) is 0 Å². The summed E-state index contributed by atoms with van der Waals surface area (Å²) in [6, 6.07) is 16.0. The molecule has 0 bridgehead atoms. The summed E-state index contributed by atoms with van der Waals surface area (Å²) in [5, 5.41) is 1.26. The van der Waals surface area contributed by atoms with Crippen LogP contribution in [-0.2, 0) is 0 Å². The minimum Gasteiger partial charge on any atom is -0.311 e. The van der Waals surface area contributed by atoms with E-state index in [2.05, 4.69) is 4.98 Å². The molecule has 0 radical (unpaired) electrons. The number of benzene rings is 2. The molecule has 0 aliphatic heterocycles. The second-order valence-corrected chi connectivity index (χ2v) is 6.63. The van der Waals surface area contributed by atoms with Crippen LogP contribution < -0.4 is 4.90 Å². The molecule has 0 saturated carbocycles. The van der Waals surface area contributed by atoms with E-state index in [0.717, 1.165) is 5.69 Å². The van der Waals surface area contributed by atoms with Gasteiger partial charge >= 0.3 is 0 Å². The zero-order chi connectivity index (χ0) is 20.0. The third-order valence-corrected chi connectivity index (χ3v) is 4.55. The van der Waals surface area contributed by atoms with Gasteiger partial charge in [0.05, 0.1) is 20.8 Å². The molecule has 0 N–H and O–H groups in total. The summed E-state index contributed by atoms with van der Waals surface area (Å²) in [6.07, 6.45) is 1.49. The topological polar surface area (TPSA) is 33.2 Å². The number of carbonyl (C=O) groups is 1. The predicted octanol–water partition coefficient (Wildman–Crippen LogP) is 7.01. The smallest absolute Gasteiger partial charge is 0.258 e. The molecule has 3 aromatic rings. The van der Waals surface area contributed by atoms with Crippen LogP contribution in [0.25, 0.3) is 11.3 Å². The first-order valence-electron chi connectivity index (χ1n) is 8.41. The minimum atomic E-state index is -0.158. The second-order valence-electron chi connectivity index (χ2n) is 5.38. The first-order chi connectivity index (χ1) is 13.0. The van der Waals surface area contributed by atoms with Crippen molar-refractivity contribution in [3.63, 3.8) is 0 Å². The van der Waals surface area contributed by atoms with E-state index < -0.39 is 0 Å². The van der Waals surface area contributed by atoms with Gasteiger partial charge in [-0.25, -0.2) is 0 Å². The Morgan fingerprint density at radius 2 is 1.59 bits per heavy atom. The molecule has 140 valence electrons. The number of anilines is 1. The van der Waals surface area contributed by atoms with E-state index in [4.69, 9.17) is 34.8 Å². The normalized spacial score (nSPS) is 10.0. The highest BCUT2D eigenvalue weighted by molar-refractivity contribution is 6.37. The Bertz CT molecular complexity index is 930. The van der Waals surface area contributed by atoms with Gasteiger partial charge < -0.3 is 4.90 Å². The average molecular weight is 422 g/mol. The van der Waals surface area contributed by atoms with Crippen molar-refractivity contribution in [1.29, 1.82) is 0 Å². The summed E-state index contributed by atoms with van der Waals surface area (Å²) in [7, 11) is 1.72. The largest absolute Gasteiger partial charge is 0.311 e. The summed E-state index contributed by atoms with van der Waals surface area (Å²) in [5.74, 6) is -0.158. The molecule has 0 saturated heterocycles. The van der Waals surface area contributed by atoms with Crippen molar-refractivity contribution in [3.05, 3.63) is 81.4 Å². The zero-order valence-electron chi connectivity index (χ0n) is 15.2. The predicted molar refractivity (Wildman–Crippen MR) is 115 cm³/mol. The number of pyridine rings is 1. The van der Waals surface area contributed by atoms with Crippen molar-refractivity contribution in [3.8, 4) is 11.3 Å². The highest BCUT2D eigenvalue weighted by atomic mass is 35.5. The van der Waals surface area contributed by atoms with Crippen molar-refractivity contribution in [2.24, 2.45) is 0 Å². The van der Waals surface area contributed by atoms with Crippen LogP contribution in [0.4, 0.5) is 5.69 Å². The highest BCUT2D eigenvalue weighted by Gasteiger charge is 2.17. The fourth-order valence-corrected chi connectivity index (χ4v) is 3.10. The summed E-state index contributed by atoms with van der Waals surface area (Å²) < 4.78 is 0. The Hall–Kier alpha value is -2.07.